The van der Waals surface area contributed by atoms with E-state index in [1.54, 1.807) is 16.8 Å². The molecule has 0 radical (unpaired) electrons. The summed E-state index contributed by atoms with van der Waals surface area (Å²) in [5.41, 5.74) is 5.27. The Morgan fingerprint density at radius 1 is 1.21 bits per heavy atom. The van der Waals surface area contributed by atoms with Gasteiger partial charge in [-0.1, -0.05) is 42.0 Å². The molecule has 1 aromatic carbocycles. The monoisotopic (exact) mass is 449 g/mol. The highest BCUT2D eigenvalue weighted by atomic mass is 16.2. The van der Waals surface area contributed by atoms with Crippen molar-refractivity contribution in [1.82, 2.24) is 15.2 Å². The smallest absolute Gasteiger partial charge is 0.263 e. The standard InChI is InChI=1S/C22H26N2O2.C5H9NO/c1-15(2)8-6-11-19-17(4)9-7-10-18(19)14-24-13-16(3)12-20(22(24)26)21(25)23-5;7-4-6-5-2-1-3-5/h6-13H,14H2,1-5H3,(H,23,25);4-5H,1-3H2,(H,6,7)/b11-6-;. The van der Waals surface area contributed by atoms with Crippen molar-refractivity contribution in [2.24, 2.45) is 0 Å². The van der Waals surface area contributed by atoms with E-state index in [9.17, 15) is 14.4 Å². The number of allylic oxidation sites excluding steroid dienone is 3. The van der Waals surface area contributed by atoms with E-state index in [1.807, 2.05) is 25.1 Å². The summed E-state index contributed by atoms with van der Waals surface area (Å²) >= 11 is 0. The maximum Gasteiger partial charge on any atom is 0.263 e. The second kappa shape index (κ2) is 12.6. The van der Waals surface area contributed by atoms with Crippen molar-refractivity contribution in [3.8, 4) is 0 Å². The van der Waals surface area contributed by atoms with Gasteiger partial charge >= 0.3 is 0 Å². The summed E-state index contributed by atoms with van der Waals surface area (Å²) in [6.45, 7) is 8.46. The molecule has 1 aliphatic rings. The minimum absolute atomic E-state index is 0.168. The third-order valence-corrected chi connectivity index (χ3v) is 5.55. The van der Waals surface area contributed by atoms with Gasteiger partial charge in [0.2, 0.25) is 6.41 Å². The Hall–Kier alpha value is -3.41. The summed E-state index contributed by atoms with van der Waals surface area (Å²) < 4.78 is 1.60. The molecule has 0 atom stereocenters. The number of hydrogen-bond acceptors (Lipinski definition) is 3. The number of nitrogens with zero attached hydrogens (tertiary/aromatic N) is 1. The van der Waals surface area contributed by atoms with E-state index in [1.165, 1.54) is 31.9 Å². The maximum absolute atomic E-state index is 12.7. The van der Waals surface area contributed by atoms with Crippen LogP contribution in [0.2, 0.25) is 0 Å². The highest BCUT2D eigenvalue weighted by molar-refractivity contribution is 5.93. The van der Waals surface area contributed by atoms with Crippen LogP contribution in [0.25, 0.3) is 6.08 Å². The molecule has 0 bridgehead atoms. The number of hydrogen-bond donors (Lipinski definition) is 2. The van der Waals surface area contributed by atoms with Gasteiger partial charge in [-0.15, -0.1) is 0 Å². The van der Waals surface area contributed by atoms with Crippen molar-refractivity contribution in [1.29, 1.82) is 0 Å². The molecular weight excluding hydrogens is 414 g/mol. The lowest BCUT2D eigenvalue weighted by molar-refractivity contribution is -0.110. The zero-order valence-corrected chi connectivity index (χ0v) is 20.3. The van der Waals surface area contributed by atoms with Crippen LogP contribution in [-0.4, -0.2) is 30.0 Å². The average Bonchev–Trinajstić information content (AvgIpc) is 2.74. The van der Waals surface area contributed by atoms with Crippen molar-refractivity contribution in [2.45, 2.75) is 59.5 Å². The Kier molecular flexibility index (Phi) is 9.85. The molecule has 0 unspecified atom stereocenters. The molecule has 2 amide bonds. The molecule has 0 saturated heterocycles. The molecule has 33 heavy (non-hydrogen) atoms. The third-order valence-electron chi connectivity index (χ3n) is 5.55. The molecule has 2 aromatic rings. The lowest BCUT2D eigenvalue weighted by atomic mass is 9.94. The highest BCUT2D eigenvalue weighted by Gasteiger charge is 2.15. The van der Waals surface area contributed by atoms with Crippen LogP contribution < -0.4 is 16.2 Å². The summed E-state index contributed by atoms with van der Waals surface area (Å²) in [7, 11) is 1.53. The number of aryl methyl sites for hydroxylation is 2. The third kappa shape index (κ3) is 7.59. The first-order valence-electron chi connectivity index (χ1n) is 11.3. The Morgan fingerprint density at radius 2 is 1.94 bits per heavy atom. The second-order valence-electron chi connectivity index (χ2n) is 8.61. The molecule has 1 aliphatic carbocycles. The van der Waals surface area contributed by atoms with Gasteiger partial charge < -0.3 is 15.2 Å². The number of carbonyl (C=O) groups is 2. The topological polar surface area (TPSA) is 80.2 Å². The van der Waals surface area contributed by atoms with E-state index in [0.29, 0.717) is 12.6 Å². The fourth-order valence-electron chi connectivity index (χ4n) is 3.51. The Labute approximate surface area is 196 Å². The number of amides is 2. The van der Waals surface area contributed by atoms with Gasteiger partial charge in [0.25, 0.3) is 11.5 Å². The molecule has 1 fully saturated rings. The molecule has 0 aliphatic heterocycles. The predicted molar refractivity (Wildman–Crippen MR) is 134 cm³/mol. The van der Waals surface area contributed by atoms with Crippen LogP contribution in [0.1, 0.15) is 65.7 Å². The van der Waals surface area contributed by atoms with E-state index in [0.717, 1.165) is 28.7 Å². The van der Waals surface area contributed by atoms with Crippen molar-refractivity contribution >= 4 is 18.4 Å². The van der Waals surface area contributed by atoms with Crippen molar-refractivity contribution in [3.63, 3.8) is 0 Å². The predicted octanol–water partition coefficient (Wildman–Crippen LogP) is 4.14. The summed E-state index contributed by atoms with van der Waals surface area (Å²) in [6, 6.07) is 8.20. The van der Waals surface area contributed by atoms with E-state index < -0.39 is 0 Å². The van der Waals surface area contributed by atoms with Gasteiger partial charge in [0.1, 0.15) is 5.56 Å². The van der Waals surface area contributed by atoms with E-state index in [2.05, 4.69) is 49.6 Å². The average molecular weight is 450 g/mol. The van der Waals surface area contributed by atoms with E-state index in [-0.39, 0.29) is 17.0 Å². The Bertz CT molecular complexity index is 1090. The van der Waals surface area contributed by atoms with Gasteiger partial charge in [0.15, 0.2) is 0 Å². The molecule has 176 valence electrons. The maximum atomic E-state index is 12.7. The molecule has 1 saturated carbocycles. The lowest BCUT2D eigenvalue weighted by Crippen LogP contribution is -2.33. The van der Waals surface area contributed by atoms with Gasteiger partial charge in [-0.25, -0.2) is 0 Å². The molecular formula is C27H35N3O3. The van der Waals surface area contributed by atoms with Gasteiger partial charge in [-0.3, -0.25) is 14.4 Å². The minimum atomic E-state index is -0.361. The quantitative estimate of drug-likeness (QED) is 0.493. The molecule has 1 aromatic heterocycles. The highest BCUT2D eigenvalue weighted by Crippen LogP contribution is 2.18. The Morgan fingerprint density at radius 3 is 2.48 bits per heavy atom. The summed E-state index contributed by atoms with van der Waals surface area (Å²) in [5, 5.41) is 5.23. The first-order valence-corrected chi connectivity index (χ1v) is 11.3. The molecule has 6 heteroatoms. The van der Waals surface area contributed by atoms with Crippen LogP contribution in [-0.2, 0) is 11.3 Å². The Balaban J connectivity index is 0.000000468. The van der Waals surface area contributed by atoms with Crippen molar-refractivity contribution in [3.05, 3.63) is 86.4 Å². The fraction of sp³-hybridized carbons (Fsp3) is 0.370. The lowest BCUT2D eigenvalue weighted by Gasteiger charge is -2.23. The molecule has 2 N–H and O–H groups in total. The normalized spacial score (nSPS) is 12.9. The van der Waals surface area contributed by atoms with Crippen LogP contribution in [0.3, 0.4) is 0 Å². The summed E-state index contributed by atoms with van der Waals surface area (Å²) in [4.78, 5) is 34.4. The number of aromatic nitrogens is 1. The van der Waals surface area contributed by atoms with Gasteiger partial charge in [0.05, 0.1) is 6.54 Å². The summed E-state index contributed by atoms with van der Waals surface area (Å²) in [5.74, 6) is -0.361. The number of nitrogens with one attached hydrogen (secondary N) is 2. The first-order chi connectivity index (χ1) is 15.8. The molecule has 0 spiro atoms. The van der Waals surface area contributed by atoms with Crippen LogP contribution >= 0.6 is 0 Å². The van der Waals surface area contributed by atoms with Crippen LogP contribution in [0.4, 0.5) is 0 Å². The SMILES string of the molecule is CNC(=O)c1cc(C)cn(Cc2cccc(C)c2/C=C\C=C(C)C)c1=O.O=CNC1CCC1. The first kappa shape index (κ1) is 25.8. The number of carbonyl (C=O) groups excluding carboxylic acids is 2. The van der Waals surface area contributed by atoms with Crippen molar-refractivity contribution in [2.75, 3.05) is 7.05 Å². The van der Waals surface area contributed by atoms with Crippen molar-refractivity contribution < 1.29 is 9.59 Å². The van der Waals surface area contributed by atoms with Crippen LogP contribution in [0, 0.1) is 13.8 Å². The fourth-order valence-corrected chi connectivity index (χ4v) is 3.51. The van der Waals surface area contributed by atoms with Crippen LogP contribution in [0.15, 0.2) is 53.0 Å². The van der Waals surface area contributed by atoms with Gasteiger partial charge in [-0.05, 0) is 75.3 Å². The van der Waals surface area contributed by atoms with Gasteiger partial charge in [-0.2, -0.15) is 0 Å². The van der Waals surface area contributed by atoms with E-state index in [4.69, 9.17) is 0 Å². The minimum Gasteiger partial charge on any atom is -0.356 e. The largest absolute Gasteiger partial charge is 0.356 e. The zero-order chi connectivity index (χ0) is 24.4. The summed E-state index contributed by atoms with van der Waals surface area (Å²) in [6.07, 6.45) is 12.4. The van der Waals surface area contributed by atoms with Crippen LogP contribution in [0.5, 0.6) is 0 Å². The molecule has 3 rings (SSSR count). The number of benzene rings is 1. The van der Waals surface area contributed by atoms with Gasteiger partial charge in [0, 0.05) is 19.3 Å². The molecule has 6 nitrogen and oxygen atoms in total. The molecule has 1 heterocycles. The number of rotatable bonds is 7. The number of pyridine rings is 1. The van der Waals surface area contributed by atoms with E-state index >= 15 is 0 Å². The second-order valence-corrected chi connectivity index (χ2v) is 8.61. The zero-order valence-electron chi connectivity index (χ0n) is 20.3.